The first-order valence-corrected chi connectivity index (χ1v) is 12.7. The van der Waals surface area contributed by atoms with Crippen molar-refractivity contribution in [3.8, 4) is 0 Å². The van der Waals surface area contributed by atoms with Crippen LogP contribution in [0.4, 0.5) is 18.9 Å². The van der Waals surface area contributed by atoms with E-state index in [1.54, 1.807) is 0 Å². The quantitative estimate of drug-likeness (QED) is 0.527. The van der Waals surface area contributed by atoms with E-state index in [1.807, 2.05) is 0 Å². The van der Waals surface area contributed by atoms with Crippen LogP contribution in [0.5, 0.6) is 0 Å². The summed E-state index contributed by atoms with van der Waals surface area (Å²) in [6.07, 6.45) is 0.420. The molecule has 3 aliphatic carbocycles. The third-order valence-corrected chi connectivity index (χ3v) is 10.9. The van der Waals surface area contributed by atoms with E-state index in [1.165, 1.54) is 19.1 Å². The summed E-state index contributed by atoms with van der Waals surface area (Å²) in [5.74, 6) is -6.16. The molecule has 3 N–H and O–H groups in total. The number of carbonyl (C=O) groups excluding carboxylic acids is 1. The van der Waals surface area contributed by atoms with Crippen molar-refractivity contribution in [1.82, 2.24) is 0 Å². The van der Waals surface area contributed by atoms with E-state index in [2.05, 4.69) is 5.32 Å². The number of benzene rings is 2. The van der Waals surface area contributed by atoms with Crippen molar-refractivity contribution in [1.29, 1.82) is 0 Å². The summed E-state index contributed by atoms with van der Waals surface area (Å²) in [6.45, 7) is 1.50. The molecule has 1 amide bonds. The lowest BCUT2D eigenvalue weighted by Crippen LogP contribution is -2.87. The molecule has 0 aliphatic heterocycles. The van der Waals surface area contributed by atoms with Gasteiger partial charge in [-0.2, -0.15) is 0 Å². The molecule has 1 spiro atoms. The Morgan fingerprint density at radius 3 is 2.35 bits per heavy atom. The number of halogens is 4. The van der Waals surface area contributed by atoms with Gasteiger partial charge in [0, 0.05) is 23.4 Å². The largest absolute Gasteiger partial charge is 0.390 e. The van der Waals surface area contributed by atoms with Crippen LogP contribution in [0.1, 0.15) is 36.5 Å². The SMILES string of the molecule is CC(O)[C@@]1(O)C2CCC23C1CC3S(=O)(=O)c1cc(C(=O)Nc2cc(F)c(F)c(F)c2)ccc1Cl. The number of hydrogen-bond donors (Lipinski definition) is 3. The van der Waals surface area contributed by atoms with Crippen LogP contribution >= 0.6 is 11.6 Å². The monoisotopic (exact) mass is 515 g/mol. The number of nitrogens with one attached hydrogen (secondary N) is 1. The molecule has 3 aliphatic rings. The zero-order chi connectivity index (χ0) is 24.8. The molecule has 182 valence electrons. The second-order valence-electron chi connectivity index (χ2n) is 9.44. The van der Waals surface area contributed by atoms with Crippen molar-refractivity contribution in [3.63, 3.8) is 0 Å². The maximum Gasteiger partial charge on any atom is 0.255 e. The lowest BCUT2D eigenvalue weighted by atomic mass is 9.26. The van der Waals surface area contributed by atoms with Gasteiger partial charge in [-0.15, -0.1) is 0 Å². The predicted molar refractivity (Wildman–Crippen MR) is 117 cm³/mol. The van der Waals surface area contributed by atoms with Crippen LogP contribution in [0, 0.1) is 34.7 Å². The smallest absolute Gasteiger partial charge is 0.255 e. The molecular formula is C23H21ClF3NO5S. The van der Waals surface area contributed by atoms with E-state index in [0.717, 1.165) is 6.07 Å². The van der Waals surface area contributed by atoms with Gasteiger partial charge in [0.15, 0.2) is 27.3 Å². The second kappa shape index (κ2) is 7.43. The van der Waals surface area contributed by atoms with Gasteiger partial charge < -0.3 is 15.5 Å². The average molecular weight is 516 g/mol. The minimum atomic E-state index is -4.00. The molecule has 0 bridgehead atoms. The maximum absolute atomic E-state index is 13.5. The van der Waals surface area contributed by atoms with Crippen molar-refractivity contribution in [2.45, 2.75) is 48.0 Å². The summed E-state index contributed by atoms with van der Waals surface area (Å²) in [6, 6.07) is 4.81. The number of hydrogen-bond acceptors (Lipinski definition) is 5. The highest BCUT2D eigenvalue weighted by Gasteiger charge is 2.85. The Labute approximate surface area is 198 Å². The standard InChI is InChI=1S/C23H21ClF3NO5S/c1-10(29)23(31)17-4-5-22(17)18(23)9-19(22)34(32,33)16-6-11(2-3-13(16)24)21(30)28-12-7-14(25)20(27)15(26)8-12/h2-3,6-8,10,17-19,29,31H,4-5,9H2,1H3,(H,28,30)/t10?,17?,18?,19?,22?,23-/m1/s1. The Morgan fingerprint density at radius 2 is 1.82 bits per heavy atom. The van der Waals surface area contributed by atoms with Crippen molar-refractivity contribution < 1.29 is 36.6 Å². The molecule has 6 nitrogen and oxygen atoms in total. The minimum Gasteiger partial charge on any atom is -0.390 e. The van der Waals surface area contributed by atoms with Gasteiger partial charge in [-0.1, -0.05) is 11.6 Å². The Bertz CT molecular complexity index is 1300. The molecular weight excluding hydrogens is 495 g/mol. The second-order valence-corrected chi connectivity index (χ2v) is 11.9. The Hall–Kier alpha value is -2.14. The van der Waals surface area contributed by atoms with Gasteiger partial charge in [0.1, 0.15) is 0 Å². The van der Waals surface area contributed by atoms with E-state index in [0.29, 0.717) is 25.0 Å². The highest BCUT2D eigenvalue weighted by molar-refractivity contribution is 7.92. The molecule has 0 saturated heterocycles. The van der Waals surface area contributed by atoms with Crippen LogP contribution in [0.2, 0.25) is 5.02 Å². The molecule has 2 aromatic carbocycles. The highest BCUT2D eigenvalue weighted by Crippen LogP contribution is 2.80. The van der Waals surface area contributed by atoms with Crippen molar-refractivity contribution in [3.05, 3.63) is 58.4 Å². The summed E-state index contributed by atoms with van der Waals surface area (Å²) < 4.78 is 67.2. The van der Waals surface area contributed by atoms with Crippen LogP contribution in [-0.2, 0) is 9.84 Å². The number of aliphatic hydroxyl groups excluding tert-OH is 1. The minimum absolute atomic E-state index is 0.0868. The zero-order valence-electron chi connectivity index (χ0n) is 17.9. The Morgan fingerprint density at radius 1 is 1.18 bits per heavy atom. The molecule has 3 fully saturated rings. The molecule has 5 rings (SSSR count). The van der Waals surface area contributed by atoms with Gasteiger partial charge in [0.05, 0.1) is 26.9 Å². The predicted octanol–water partition coefficient (Wildman–Crippen LogP) is 3.69. The van der Waals surface area contributed by atoms with Gasteiger partial charge >= 0.3 is 0 Å². The summed E-state index contributed by atoms with van der Waals surface area (Å²) in [5.41, 5.74) is -2.38. The maximum atomic E-state index is 13.5. The van der Waals surface area contributed by atoms with E-state index in [-0.39, 0.29) is 39.4 Å². The summed E-state index contributed by atoms with van der Waals surface area (Å²) in [4.78, 5) is 12.4. The molecule has 2 aromatic rings. The lowest BCUT2D eigenvalue weighted by molar-refractivity contribution is -0.373. The molecule has 0 radical (unpaired) electrons. The van der Waals surface area contributed by atoms with Crippen LogP contribution in [-0.4, -0.2) is 41.5 Å². The van der Waals surface area contributed by atoms with Crippen LogP contribution in [0.15, 0.2) is 35.2 Å². The van der Waals surface area contributed by atoms with E-state index < -0.39 is 55.6 Å². The Kier molecular flexibility index (Phi) is 5.16. The van der Waals surface area contributed by atoms with Gasteiger partial charge in [0.2, 0.25) is 0 Å². The van der Waals surface area contributed by atoms with Crippen molar-refractivity contribution in [2.75, 3.05) is 5.32 Å². The summed E-state index contributed by atoms with van der Waals surface area (Å²) >= 11 is 6.20. The van der Waals surface area contributed by atoms with Crippen LogP contribution < -0.4 is 5.32 Å². The van der Waals surface area contributed by atoms with Gasteiger partial charge in [-0.3, -0.25) is 4.79 Å². The first-order chi connectivity index (χ1) is 15.8. The first kappa shape index (κ1) is 23.6. The van der Waals surface area contributed by atoms with Crippen LogP contribution in [0.3, 0.4) is 0 Å². The molecule has 11 heteroatoms. The molecule has 3 saturated carbocycles. The number of sulfone groups is 1. The number of carbonyl (C=O) groups is 1. The number of aliphatic hydroxyl groups is 2. The van der Waals surface area contributed by atoms with E-state index >= 15 is 0 Å². The van der Waals surface area contributed by atoms with Gasteiger partial charge in [-0.25, -0.2) is 21.6 Å². The van der Waals surface area contributed by atoms with Crippen molar-refractivity contribution in [2.24, 2.45) is 17.3 Å². The average Bonchev–Trinajstić information content (AvgIpc) is 2.70. The van der Waals surface area contributed by atoms with Crippen molar-refractivity contribution >= 4 is 33.0 Å². The molecule has 5 unspecified atom stereocenters. The first-order valence-electron chi connectivity index (χ1n) is 10.7. The lowest BCUT2D eigenvalue weighted by Gasteiger charge is -2.81. The Balaban J connectivity index is 1.42. The fourth-order valence-electron chi connectivity index (χ4n) is 6.41. The van der Waals surface area contributed by atoms with E-state index in [9.17, 15) is 36.6 Å². The highest BCUT2D eigenvalue weighted by atomic mass is 35.5. The summed E-state index contributed by atoms with van der Waals surface area (Å²) in [5, 5.41) is 22.3. The van der Waals surface area contributed by atoms with Crippen LogP contribution in [0.25, 0.3) is 0 Å². The number of rotatable bonds is 5. The zero-order valence-corrected chi connectivity index (χ0v) is 19.4. The van der Waals surface area contributed by atoms with E-state index in [4.69, 9.17) is 11.6 Å². The summed E-state index contributed by atoms with van der Waals surface area (Å²) in [7, 11) is -4.00. The molecule has 34 heavy (non-hydrogen) atoms. The molecule has 6 atom stereocenters. The van der Waals surface area contributed by atoms with Gasteiger partial charge in [0.25, 0.3) is 5.91 Å². The number of anilines is 1. The van der Waals surface area contributed by atoms with Gasteiger partial charge in [-0.05, 0) is 61.6 Å². The fourth-order valence-corrected chi connectivity index (χ4v) is 9.26. The molecule has 0 heterocycles. The number of amides is 1. The fraction of sp³-hybridized carbons (Fsp3) is 0.435. The molecule has 0 aromatic heterocycles. The third-order valence-electron chi connectivity index (χ3n) is 8.11. The normalized spacial score (nSPS) is 32.4. The topological polar surface area (TPSA) is 104 Å². The third kappa shape index (κ3) is 2.88.